The van der Waals surface area contributed by atoms with Gasteiger partial charge in [0, 0.05) is 5.54 Å². The zero-order chi connectivity index (χ0) is 9.90. The minimum absolute atomic E-state index is 0.285. The van der Waals surface area contributed by atoms with Gasteiger partial charge in [0.1, 0.15) is 0 Å². The van der Waals surface area contributed by atoms with E-state index in [0.29, 0.717) is 0 Å². The maximum Gasteiger partial charge on any atom is 0.0418 e. The van der Waals surface area contributed by atoms with Crippen molar-refractivity contribution < 1.29 is 0 Å². The maximum atomic E-state index is 6.18. The molecule has 0 aliphatic heterocycles. The number of benzene rings is 1. The van der Waals surface area contributed by atoms with Crippen molar-refractivity contribution >= 4 is 0 Å². The summed E-state index contributed by atoms with van der Waals surface area (Å²) >= 11 is 0. The lowest BCUT2D eigenvalue weighted by molar-refractivity contribution is 0.499. The van der Waals surface area contributed by atoms with Crippen LogP contribution in [0.25, 0.3) is 0 Å². The minimum atomic E-state index is -0.285. The van der Waals surface area contributed by atoms with Gasteiger partial charge in [-0.3, -0.25) is 0 Å². The van der Waals surface area contributed by atoms with Gasteiger partial charge in [0.2, 0.25) is 0 Å². The third-order valence-electron chi connectivity index (χ3n) is 2.33. The second-order valence-corrected chi connectivity index (χ2v) is 3.73. The highest BCUT2D eigenvalue weighted by Gasteiger charge is 2.20. The van der Waals surface area contributed by atoms with Crippen LogP contribution in [-0.2, 0) is 5.54 Å². The van der Waals surface area contributed by atoms with Gasteiger partial charge in [-0.25, -0.2) is 0 Å². The SMILES string of the molecule is C=CC[C@@](C)(N)c1ccccc1C. The van der Waals surface area contributed by atoms with Crippen molar-refractivity contribution in [2.24, 2.45) is 5.73 Å². The van der Waals surface area contributed by atoms with E-state index < -0.39 is 0 Å². The van der Waals surface area contributed by atoms with Crippen LogP contribution in [0.5, 0.6) is 0 Å². The molecule has 2 N–H and O–H groups in total. The molecule has 0 heterocycles. The first kappa shape index (κ1) is 10.0. The van der Waals surface area contributed by atoms with Crippen LogP contribution in [0.15, 0.2) is 36.9 Å². The van der Waals surface area contributed by atoms with Crippen LogP contribution in [0.2, 0.25) is 0 Å². The average Bonchev–Trinajstić information content (AvgIpc) is 2.04. The molecule has 0 fully saturated rings. The maximum absolute atomic E-state index is 6.18. The van der Waals surface area contributed by atoms with E-state index in [2.05, 4.69) is 25.6 Å². The summed E-state index contributed by atoms with van der Waals surface area (Å²) in [6.07, 6.45) is 2.67. The summed E-state index contributed by atoms with van der Waals surface area (Å²) < 4.78 is 0. The van der Waals surface area contributed by atoms with Gasteiger partial charge in [-0.2, -0.15) is 0 Å². The van der Waals surface area contributed by atoms with Gasteiger partial charge in [-0.05, 0) is 31.4 Å². The van der Waals surface area contributed by atoms with Gasteiger partial charge in [-0.1, -0.05) is 30.3 Å². The van der Waals surface area contributed by atoms with Crippen molar-refractivity contribution in [3.8, 4) is 0 Å². The fraction of sp³-hybridized carbons (Fsp3) is 0.333. The summed E-state index contributed by atoms with van der Waals surface area (Å²) in [5.74, 6) is 0. The topological polar surface area (TPSA) is 26.0 Å². The molecule has 1 aromatic rings. The first-order valence-corrected chi connectivity index (χ1v) is 4.54. The Balaban J connectivity index is 3.06. The quantitative estimate of drug-likeness (QED) is 0.702. The molecule has 0 saturated heterocycles. The Morgan fingerprint density at radius 2 is 2.08 bits per heavy atom. The first-order chi connectivity index (χ1) is 6.08. The fourth-order valence-corrected chi connectivity index (χ4v) is 1.62. The van der Waals surface area contributed by atoms with Crippen molar-refractivity contribution in [2.75, 3.05) is 0 Å². The molecular formula is C12H17N. The summed E-state index contributed by atoms with van der Waals surface area (Å²) in [6.45, 7) is 7.85. The number of hydrogen-bond acceptors (Lipinski definition) is 1. The van der Waals surface area contributed by atoms with Crippen molar-refractivity contribution in [3.05, 3.63) is 48.0 Å². The van der Waals surface area contributed by atoms with E-state index in [9.17, 15) is 0 Å². The summed E-state index contributed by atoms with van der Waals surface area (Å²) in [5.41, 5.74) is 8.34. The fourth-order valence-electron chi connectivity index (χ4n) is 1.62. The van der Waals surface area contributed by atoms with Crippen LogP contribution >= 0.6 is 0 Å². The van der Waals surface area contributed by atoms with E-state index in [1.165, 1.54) is 11.1 Å². The molecule has 1 nitrogen and oxygen atoms in total. The van der Waals surface area contributed by atoms with Crippen LogP contribution in [0.1, 0.15) is 24.5 Å². The number of aryl methyl sites for hydroxylation is 1. The van der Waals surface area contributed by atoms with Crippen molar-refractivity contribution in [1.29, 1.82) is 0 Å². The van der Waals surface area contributed by atoms with Crippen LogP contribution in [0.4, 0.5) is 0 Å². The van der Waals surface area contributed by atoms with E-state index in [1.807, 2.05) is 25.1 Å². The highest BCUT2D eigenvalue weighted by atomic mass is 14.7. The molecule has 0 radical (unpaired) electrons. The van der Waals surface area contributed by atoms with Crippen LogP contribution in [0.3, 0.4) is 0 Å². The van der Waals surface area contributed by atoms with Gasteiger partial charge in [0.05, 0.1) is 0 Å². The standard InChI is InChI=1S/C12H17N/c1-4-9-12(3,13)11-8-6-5-7-10(11)2/h4-8H,1,9,13H2,2-3H3/t12-/m1/s1. The van der Waals surface area contributed by atoms with Crippen molar-refractivity contribution in [1.82, 2.24) is 0 Å². The highest BCUT2D eigenvalue weighted by molar-refractivity contribution is 5.32. The lowest BCUT2D eigenvalue weighted by atomic mass is 9.87. The monoisotopic (exact) mass is 175 g/mol. The minimum Gasteiger partial charge on any atom is -0.321 e. The normalized spacial score (nSPS) is 15.0. The molecule has 0 bridgehead atoms. The average molecular weight is 175 g/mol. The smallest absolute Gasteiger partial charge is 0.0418 e. The second-order valence-electron chi connectivity index (χ2n) is 3.73. The Labute approximate surface area is 80.3 Å². The molecule has 0 saturated carbocycles. The third-order valence-corrected chi connectivity index (χ3v) is 2.33. The Bertz CT molecular complexity index is 300. The van der Waals surface area contributed by atoms with Crippen LogP contribution in [0, 0.1) is 6.92 Å². The van der Waals surface area contributed by atoms with E-state index in [-0.39, 0.29) is 5.54 Å². The molecule has 70 valence electrons. The number of nitrogens with two attached hydrogens (primary N) is 1. The molecule has 0 aliphatic rings. The summed E-state index contributed by atoms with van der Waals surface area (Å²) in [4.78, 5) is 0. The second kappa shape index (κ2) is 3.75. The summed E-state index contributed by atoms with van der Waals surface area (Å²) in [7, 11) is 0. The largest absolute Gasteiger partial charge is 0.321 e. The highest BCUT2D eigenvalue weighted by Crippen LogP contribution is 2.24. The molecule has 0 aliphatic carbocycles. The molecule has 0 spiro atoms. The molecule has 0 amide bonds. The predicted molar refractivity (Wildman–Crippen MR) is 57.5 cm³/mol. The van der Waals surface area contributed by atoms with E-state index >= 15 is 0 Å². The number of hydrogen-bond donors (Lipinski definition) is 1. The van der Waals surface area contributed by atoms with Crippen molar-refractivity contribution in [3.63, 3.8) is 0 Å². The van der Waals surface area contributed by atoms with Gasteiger partial charge in [0.25, 0.3) is 0 Å². The van der Waals surface area contributed by atoms with Gasteiger partial charge in [-0.15, -0.1) is 6.58 Å². The Morgan fingerprint density at radius 3 is 2.62 bits per heavy atom. The van der Waals surface area contributed by atoms with Crippen LogP contribution < -0.4 is 5.73 Å². The van der Waals surface area contributed by atoms with E-state index in [1.54, 1.807) is 0 Å². The summed E-state index contributed by atoms with van der Waals surface area (Å²) in [5, 5.41) is 0. The molecule has 13 heavy (non-hydrogen) atoms. The Kier molecular flexibility index (Phi) is 2.89. The zero-order valence-corrected chi connectivity index (χ0v) is 8.38. The van der Waals surface area contributed by atoms with Crippen molar-refractivity contribution in [2.45, 2.75) is 25.8 Å². The van der Waals surface area contributed by atoms with Gasteiger partial charge >= 0.3 is 0 Å². The van der Waals surface area contributed by atoms with E-state index in [0.717, 1.165) is 6.42 Å². The number of rotatable bonds is 3. The molecule has 1 heteroatoms. The molecule has 0 aromatic heterocycles. The molecular weight excluding hydrogens is 158 g/mol. The summed E-state index contributed by atoms with van der Waals surface area (Å²) in [6, 6.07) is 8.22. The lowest BCUT2D eigenvalue weighted by Gasteiger charge is -2.25. The van der Waals surface area contributed by atoms with Crippen LogP contribution in [-0.4, -0.2) is 0 Å². The predicted octanol–water partition coefficient (Wildman–Crippen LogP) is 2.75. The third kappa shape index (κ3) is 2.19. The van der Waals surface area contributed by atoms with E-state index in [4.69, 9.17) is 5.73 Å². The Morgan fingerprint density at radius 1 is 1.46 bits per heavy atom. The van der Waals surface area contributed by atoms with Gasteiger partial charge in [0.15, 0.2) is 0 Å². The molecule has 1 aromatic carbocycles. The lowest BCUT2D eigenvalue weighted by Crippen LogP contribution is -2.33. The first-order valence-electron chi connectivity index (χ1n) is 4.54. The van der Waals surface area contributed by atoms with Gasteiger partial charge < -0.3 is 5.73 Å². The molecule has 0 unspecified atom stereocenters. The Hall–Kier alpha value is -1.08. The zero-order valence-electron chi connectivity index (χ0n) is 8.38. The molecule has 1 rings (SSSR count). The molecule has 1 atom stereocenters.